The number of nitrogens with one attached hydrogen (secondary N) is 2. The van der Waals surface area contributed by atoms with E-state index in [4.69, 9.17) is 27.9 Å². The lowest BCUT2D eigenvalue weighted by molar-refractivity contribution is -0.122. The summed E-state index contributed by atoms with van der Waals surface area (Å²) in [5.74, 6) is -2.16. The van der Waals surface area contributed by atoms with Crippen LogP contribution in [0.1, 0.15) is 21.9 Å². The van der Waals surface area contributed by atoms with Gasteiger partial charge in [-0.1, -0.05) is 82.2 Å². The van der Waals surface area contributed by atoms with Crippen molar-refractivity contribution in [2.24, 2.45) is 5.92 Å². The lowest BCUT2D eigenvalue weighted by atomic mass is 9.82. The quantitative estimate of drug-likeness (QED) is 0.260. The van der Waals surface area contributed by atoms with Crippen LogP contribution >= 0.6 is 46.3 Å². The number of H-pyrrole nitrogens is 1. The van der Waals surface area contributed by atoms with Gasteiger partial charge in [0.1, 0.15) is 11.0 Å². The number of ether oxygens (including phenoxy) is 1. The van der Waals surface area contributed by atoms with Crippen molar-refractivity contribution >= 4 is 75.4 Å². The summed E-state index contributed by atoms with van der Waals surface area (Å²) in [6, 6.07) is 19.0. The maximum atomic E-state index is 14.0. The molecule has 0 spiro atoms. The Morgan fingerprint density at radius 1 is 1.00 bits per heavy atom. The number of imide groups is 1. The van der Waals surface area contributed by atoms with Crippen LogP contribution in [-0.4, -0.2) is 34.6 Å². The van der Waals surface area contributed by atoms with E-state index in [9.17, 15) is 19.2 Å². The molecule has 1 aromatic heterocycles. The normalized spacial score (nSPS) is 19.6. The number of hydrogen-bond acceptors (Lipinski definition) is 7. The average molecular weight is 627 g/mol. The molecule has 8 nitrogen and oxygen atoms in total. The van der Waals surface area contributed by atoms with Crippen LogP contribution in [0.25, 0.3) is 0 Å². The molecule has 0 radical (unpaired) electrons. The topological polar surface area (TPSA) is 109 Å². The van der Waals surface area contributed by atoms with Gasteiger partial charge < -0.3 is 15.0 Å². The number of thioether (sulfide) groups is 1. The summed E-state index contributed by atoms with van der Waals surface area (Å²) >= 11 is 14.2. The number of carbonyl (C=O) groups excluding carboxylic acids is 3. The van der Waals surface area contributed by atoms with Crippen LogP contribution in [0.15, 0.2) is 76.6 Å². The molecule has 0 saturated carbocycles. The van der Waals surface area contributed by atoms with Crippen LogP contribution in [0.5, 0.6) is 5.75 Å². The van der Waals surface area contributed by atoms with Crippen LogP contribution < -0.4 is 19.8 Å². The van der Waals surface area contributed by atoms with Crippen molar-refractivity contribution in [3.8, 4) is 5.75 Å². The summed E-state index contributed by atoms with van der Waals surface area (Å²) in [5.41, 5.74) is 2.57. The highest BCUT2D eigenvalue weighted by Gasteiger charge is 2.56. The van der Waals surface area contributed by atoms with Gasteiger partial charge in [0, 0.05) is 22.0 Å². The lowest BCUT2D eigenvalue weighted by Crippen LogP contribution is -2.32. The Morgan fingerprint density at radius 2 is 1.76 bits per heavy atom. The number of nitrogens with zero attached hydrogens (tertiary/aromatic N) is 1. The fraction of sp³-hybridized carbons (Fsp3) is 0.172. The zero-order valence-corrected chi connectivity index (χ0v) is 24.5. The fourth-order valence-electron chi connectivity index (χ4n) is 5.08. The molecule has 208 valence electrons. The van der Waals surface area contributed by atoms with Crippen LogP contribution in [0.3, 0.4) is 0 Å². The molecule has 1 fully saturated rings. The fourth-order valence-corrected chi connectivity index (χ4v) is 7.89. The molecule has 4 aromatic rings. The predicted octanol–water partition coefficient (Wildman–Crippen LogP) is 5.86. The number of aromatic nitrogens is 1. The molecule has 3 atom stereocenters. The summed E-state index contributed by atoms with van der Waals surface area (Å²) < 4.78 is 5.96. The van der Waals surface area contributed by atoms with Gasteiger partial charge in [-0.3, -0.25) is 19.2 Å². The Labute approximate surface area is 252 Å². The molecule has 3 unspecified atom stereocenters. The number of carbonyl (C=O) groups is 3. The summed E-state index contributed by atoms with van der Waals surface area (Å²) in [7, 11) is 0. The Bertz CT molecular complexity index is 1750. The standard InChI is InChI=1S/C29H21Cl2N3O5S2/c1-14-6-9-16(10-7-14)34-27(36)23-22(24-26(33-29(38)41-24)40-25(23)28(34)37)17-4-2-3-5-20(17)39-13-21(35)32-15-8-11-18(30)19(31)12-15/h2-12,22-23,25H,13H2,1H3,(H,32,35)(H,33,38). The highest BCUT2D eigenvalue weighted by Crippen LogP contribution is 2.54. The monoisotopic (exact) mass is 625 g/mol. The molecule has 6 rings (SSSR count). The second kappa shape index (κ2) is 11.0. The second-order valence-electron chi connectivity index (χ2n) is 9.60. The first-order valence-corrected chi connectivity index (χ1v) is 15.0. The highest BCUT2D eigenvalue weighted by atomic mass is 35.5. The summed E-state index contributed by atoms with van der Waals surface area (Å²) in [6.07, 6.45) is 0. The van der Waals surface area contributed by atoms with E-state index < -0.39 is 23.0 Å². The van der Waals surface area contributed by atoms with E-state index in [0.717, 1.165) is 16.9 Å². The number of halogens is 2. The van der Waals surface area contributed by atoms with E-state index >= 15 is 0 Å². The second-order valence-corrected chi connectivity index (χ2v) is 12.6. The Kier molecular flexibility index (Phi) is 7.41. The van der Waals surface area contributed by atoms with Gasteiger partial charge in [0.15, 0.2) is 6.61 Å². The van der Waals surface area contributed by atoms with Crippen LogP contribution in [-0.2, 0) is 14.4 Å². The number of amides is 3. The molecule has 2 aliphatic heterocycles. The van der Waals surface area contributed by atoms with E-state index in [1.165, 1.54) is 22.7 Å². The van der Waals surface area contributed by atoms with E-state index in [1.54, 1.807) is 48.5 Å². The van der Waals surface area contributed by atoms with Gasteiger partial charge in [0.05, 0.1) is 26.7 Å². The van der Waals surface area contributed by atoms with Gasteiger partial charge in [0.25, 0.3) is 5.91 Å². The lowest BCUT2D eigenvalue weighted by Gasteiger charge is -2.30. The zero-order valence-electron chi connectivity index (χ0n) is 21.4. The number of hydrogen-bond donors (Lipinski definition) is 2. The van der Waals surface area contributed by atoms with Gasteiger partial charge in [0.2, 0.25) is 11.8 Å². The third-order valence-electron chi connectivity index (χ3n) is 6.93. The summed E-state index contributed by atoms with van der Waals surface area (Å²) in [4.78, 5) is 57.2. The minimum Gasteiger partial charge on any atom is -0.483 e. The third-order valence-corrected chi connectivity index (χ3v) is 10.1. The first-order chi connectivity index (χ1) is 19.7. The maximum absolute atomic E-state index is 14.0. The molecule has 1 saturated heterocycles. The molecule has 3 aromatic carbocycles. The molecule has 0 bridgehead atoms. The van der Waals surface area contributed by atoms with Crippen molar-refractivity contribution < 1.29 is 19.1 Å². The van der Waals surface area contributed by atoms with Crippen molar-refractivity contribution in [1.29, 1.82) is 0 Å². The Balaban J connectivity index is 1.32. The SMILES string of the molecule is Cc1ccc(N2C(=O)C3Sc4[nH]c(=O)sc4C(c4ccccc4OCC(=O)Nc4ccc(Cl)c(Cl)c4)C3C2=O)cc1. The van der Waals surface area contributed by atoms with E-state index in [1.807, 2.05) is 19.1 Å². The molecule has 41 heavy (non-hydrogen) atoms. The number of para-hydroxylation sites is 1. The van der Waals surface area contributed by atoms with Crippen molar-refractivity contribution in [2.45, 2.75) is 23.1 Å². The minimum absolute atomic E-state index is 0.276. The van der Waals surface area contributed by atoms with Gasteiger partial charge >= 0.3 is 4.87 Å². The number of thiazole rings is 1. The maximum Gasteiger partial charge on any atom is 0.305 e. The van der Waals surface area contributed by atoms with E-state index in [0.29, 0.717) is 42.6 Å². The predicted molar refractivity (Wildman–Crippen MR) is 161 cm³/mol. The molecule has 3 heterocycles. The van der Waals surface area contributed by atoms with Gasteiger partial charge in [-0.25, -0.2) is 4.90 Å². The van der Waals surface area contributed by atoms with Crippen molar-refractivity contribution in [1.82, 2.24) is 4.98 Å². The smallest absolute Gasteiger partial charge is 0.305 e. The van der Waals surface area contributed by atoms with Gasteiger partial charge in [-0.15, -0.1) is 0 Å². The van der Waals surface area contributed by atoms with Crippen molar-refractivity contribution in [3.63, 3.8) is 0 Å². The molecular formula is C29H21Cl2N3O5S2. The first-order valence-electron chi connectivity index (χ1n) is 12.5. The largest absolute Gasteiger partial charge is 0.483 e. The average Bonchev–Trinajstić information content (AvgIpc) is 3.44. The van der Waals surface area contributed by atoms with Gasteiger partial charge in [-0.05, 0) is 43.3 Å². The number of anilines is 2. The van der Waals surface area contributed by atoms with Crippen LogP contribution in [0.2, 0.25) is 10.0 Å². The molecule has 0 aliphatic carbocycles. The molecule has 3 amide bonds. The number of aromatic amines is 1. The van der Waals surface area contributed by atoms with Crippen LogP contribution in [0.4, 0.5) is 11.4 Å². The molecule has 12 heteroatoms. The Hall–Kier alpha value is -3.57. The number of fused-ring (bicyclic) bond motifs is 2. The van der Waals surface area contributed by atoms with Gasteiger partial charge in [-0.2, -0.15) is 0 Å². The number of aryl methyl sites for hydroxylation is 1. The molecule has 2 N–H and O–H groups in total. The van der Waals surface area contributed by atoms with Crippen molar-refractivity contribution in [2.75, 3.05) is 16.8 Å². The third kappa shape index (κ3) is 5.17. The number of rotatable bonds is 6. The Morgan fingerprint density at radius 3 is 2.51 bits per heavy atom. The first kappa shape index (κ1) is 27.6. The van der Waals surface area contributed by atoms with E-state index in [-0.39, 0.29) is 23.3 Å². The molecule has 2 aliphatic rings. The molecular weight excluding hydrogens is 605 g/mol. The van der Waals surface area contributed by atoms with Crippen molar-refractivity contribution in [3.05, 3.63) is 102 Å². The summed E-state index contributed by atoms with van der Waals surface area (Å²) in [6.45, 7) is 1.60. The van der Waals surface area contributed by atoms with E-state index in [2.05, 4.69) is 10.3 Å². The minimum atomic E-state index is -0.775. The zero-order chi connectivity index (χ0) is 28.8. The highest BCUT2D eigenvalue weighted by molar-refractivity contribution is 8.00. The van der Waals surface area contributed by atoms with Crippen LogP contribution in [0, 0.1) is 12.8 Å². The number of benzene rings is 3. The summed E-state index contributed by atoms with van der Waals surface area (Å²) in [5, 5.41) is 3.21.